The van der Waals surface area contributed by atoms with Crippen LogP contribution in [0.25, 0.3) is 0 Å². The molecule has 1 spiro atoms. The van der Waals surface area contributed by atoms with Crippen molar-refractivity contribution < 1.29 is 4.74 Å². The number of hydrogen-bond acceptors (Lipinski definition) is 4. The lowest BCUT2D eigenvalue weighted by Crippen LogP contribution is -2.61. The van der Waals surface area contributed by atoms with Gasteiger partial charge in [-0.25, -0.2) is 0 Å². The fraction of sp³-hybridized carbons (Fsp3) is 0.706. The lowest BCUT2D eigenvalue weighted by atomic mass is 9.91. The predicted molar refractivity (Wildman–Crippen MR) is 86.4 cm³/mol. The first-order chi connectivity index (χ1) is 10.3. The van der Waals surface area contributed by atoms with Gasteiger partial charge in [-0.2, -0.15) is 0 Å². The van der Waals surface area contributed by atoms with Crippen LogP contribution >= 0.6 is 11.8 Å². The number of pyridine rings is 1. The van der Waals surface area contributed by atoms with Crippen molar-refractivity contribution in [3.8, 4) is 0 Å². The van der Waals surface area contributed by atoms with Crippen LogP contribution in [0.3, 0.4) is 0 Å². The molecule has 2 saturated heterocycles. The van der Waals surface area contributed by atoms with Gasteiger partial charge in [0, 0.05) is 42.0 Å². The molecule has 0 bridgehead atoms. The van der Waals surface area contributed by atoms with Crippen molar-refractivity contribution in [1.29, 1.82) is 0 Å². The Morgan fingerprint density at radius 3 is 2.95 bits per heavy atom. The average molecular weight is 304 g/mol. The third kappa shape index (κ3) is 2.99. The molecule has 0 unspecified atom stereocenters. The quantitative estimate of drug-likeness (QED) is 0.853. The highest BCUT2D eigenvalue weighted by atomic mass is 32.2. The summed E-state index contributed by atoms with van der Waals surface area (Å²) in [4.78, 5) is 6.87. The average Bonchev–Trinajstić information content (AvgIpc) is 3.14. The zero-order chi connectivity index (χ0) is 14.1. The van der Waals surface area contributed by atoms with Crippen LogP contribution in [-0.2, 0) is 11.3 Å². The summed E-state index contributed by atoms with van der Waals surface area (Å²) in [7, 11) is 0. The molecule has 1 aromatic rings. The minimum Gasteiger partial charge on any atom is -0.373 e. The van der Waals surface area contributed by atoms with E-state index in [1.165, 1.54) is 56.5 Å². The Hall–Kier alpha value is -0.580. The lowest BCUT2D eigenvalue weighted by Gasteiger charge is -2.50. The molecule has 114 valence electrons. The Labute approximate surface area is 131 Å². The Morgan fingerprint density at radius 1 is 1.33 bits per heavy atom. The summed E-state index contributed by atoms with van der Waals surface area (Å²) in [6, 6.07) is 4.97. The van der Waals surface area contributed by atoms with Gasteiger partial charge in [0.15, 0.2) is 0 Å². The van der Waals surface area contributed by atoms with E-state index in [1.807, 2.05) is 18.5 Å². The first-order valence-electron chi connectivity index (χ1n) is 8.22. The Balaban J connectivity index is 1.24. The van der Waals surface area contributed by atoms with Crippen molar-refractivity contribution in [3.05, 3.63) is 30.1 Å². The van der Waals surface area contributed by atoms with Gasteiger partial charge in [0.05, 0.1) is 12.7 Å². The molecule has 0 N–H and O–H groups in total. The first-order valence-corrected chi connectivity index (χ1v) is 9.20. The Kier molecular flexibility index (Phi) is 3.94. The van der Waals surface area contributed by atoms with Crippen LogP contribution in [0, 0.1) is 0 Å². The number of hydrogen-bond donors (Lipinski definition) is 0. The highest BCUT2D eigenvalue weighted by Gasteiger charge is 2.51. The summed E-state index contributed by atoms with van der Waals surface area (Å²) < 4.78 is 6.62. The SMILES string of the molecule is c1cncc(CO[C@H]2CSC3(C2)CN(C2CCCC2)C3)c1. The number of likely N-dealkylation sites (tertiary alicyclic amines) is 1. The molecule has 3 nitrogen and oxygen atoms in total. The monoisotopic (exact) mass is 304 g/mol. The molecule has 0 aromatic carbocycles. The maximum Gasteiger partial charge on any atom is 0.0736 e. The number of ether oxygens (including phenoxy) is 1. The van der Waals surface area contributed by atoms with Crippen LogP contribution in [0.5, 0.6) is 0 Å². The first kappa shape index (κ1) is 14.0. The van der Waals surface area contributed by atoms with E-state index in [2.05, 4.69) is 27.7 Å². The van der Waals surface area contributed by atoms with E-state index in [0.717, 1.165) is 6.04 Å². The lowest BCUT2D eigenvalue weighted by molar-refractivity contribution is 0.0167. The zero-order valence-electron chi connectivity index (χ0n) is 12.5. The predicted octanol–water partition coefficient (Wildman–Crippen LogP) is 3.10. The van der Waals surface area contributed by atoms with Crippen LogP contribution < -0.4 is 0 Å². The van der Waals surface area contributed by atoms with Gasteiger partial charge in [0.2, 0.25) is 0 Å². The third-order valence-electron chi connectivity index (χ3n) is 5.21. The van der Waals surface area contributed by atoms with Crippen LogP contribution in [0.15, 0.2) is 24.5 Å². The second-order valence-electron chi connectivity index (χ2n) is 6.84. The summed E-state index contributed by atoms with van der Waals surface area (Å²) in [6.07, 6.45) is 11.1. The minimum absolute atomic E-state index is 0.431. The minimum atomic E-state index is 0.431. The van der Waals surface area contributed by atoms with Gasteiger partial charge < -0.3 is 4.74 Å². The highest BCUT2D eigenvalue weighted by Crippen LogP contribution is 2.48. The highest BCUT2D eigenvalue weighted by molar-refractivity contribution is 8.01. The van der Waals surface area contributed by atoms with Crippen molar-refractivity contribution in [2.75, 3.05) is 18.8 Å². The normalized spacial score (nSPS) is 29.0. The van der Waals surface area contributed by atoms with Crippen LogP contribution in [0.2, 0.25) is 0 Å². The van der Waals surface area contributed by atoms with Gasteiger partial charge in [0.25, 0.3) is 0 Å². The van der Waals surface area contributed by atoms with Gasteiger partial charge in [0.1, 0.15) is 0 Å². The zero-order valence-corrected chi connectivity index (χ0v) is 13.4. The van der Waals surface area contributed by atoms with Gasteiger partial charge in [-0.1, -0.05) is 18.9 Å². The van der Waals surface area contributed by atoms with Crippen molar-refractivity contribution in [1.82, 2.24) is 9.88 Å². The van der Waals surface area contributed by atoms with Gasteiger partial charge >= 0.3 is 0 Å². The summed E-state index contributed by atoms with van der Waals surface area (Å²) in [5, 5.41) is 0. The summed E-state index contributed by atoms with van der Waals surface area (Å²) in [6.45, 7) is 3.31. The molecule has 1 saturated carbocycles. The largest absolute Gasteiger partial charge is 0.373 e. The molecule has 1 atom stereocenters. The van der Waals surface area contributed by atoms with Crippen molar-refractivity contribution in [3.63, 3.8) is 0 Å². The topological polar surface area (TPSA) is 25.4 Å². The number of rotatable bonds is 4. The number of thioether (sulfide) groups is 1. The van der Waals surface area contributed by atoms with E-state index in [0.29, 0.717) is 17.5 Å². The van der Waals surface area contributed by atoms with E-state index in [9.17, 15) is 0 Å². The van der Waals surface area contributed by atoms with Gasteiger partial charge in [-0.05, 0) is 30.9 Å². The fourth-order valence-electron chi connectivity index (χ4n) is 4.05. The molecule has 3 aliphatic rings. The Bertz CT molecular complexity index is 469. The molecule has 0 amide bonds. The van der Waals surface area contributed by atoms with Crippen LogP contribution in [0.4, 0.5) is 0 Å². The van der Waals surface area contributed by atoms with Crippen LogP contribution in [0.1, 0.15) is 37.7 Å². The standard InChI is InChI=1S/C17H24N2OS/c1-2-6-15(5-1)19-12-17(13-19)8-16(11-21-17)20-10-14-4-3-7-18-9-14/h3-4,7,9,15-16H,1-2,5-6,8,10-13H2/t16-/m1/s1. The maximum absolute atomic E-state index is 6.10. The second kappa shape index (κ2) is 5.90. The second-order valence-corrected chi connectivity index (χ2v) is 8.32. The molecular formula is C17H24N2OS. The van der Waals surface area contributed by atoms with E-state index in [1.54, 1.807) is 0 Å². The number of aromatic nitrogens is 1. The molecule has 1 aliphatic carbocycles. The van der Waals surface area contributed by atoms with Crippen LogP contribution in [-0.4, -0.2) is 45.6 Å². The maximum atomic E-state index is 6.10. The molecule has 3 fully saturated rings. The summed E-state index contributed by atoms with van der Waals surface area (Å²) >= 11 is 2.15. The molecule has 21 heavy (non-hydrogen) atoms. The van der Waals surface area contributed by atoms with E-state index >= 15 is 0 Å². The van der Waals surface area contributed by atoms with Crippen molar-refractivity contribution in [2.24, 2.45) is 0 Å². The molecule has 4 rings (SSSR count). The van der Waals surface area contributed by atoms with Crippen molar-refractivity contribution in [2.45, 2.75) is 55.6 Å². The molecule has 0 radical (unpaired) electrons. The molecule has 3 heterocycles. The smallest absolute Gasteiger partial charge is 0.0736 e. The molecule has 1 aromatic heterocycles. The van der Waals surface area contributed by atoms with E-state index in [-0.39, 0.29) is 0 Å². The van der Waals surface area contributed by atoms with E-state index < -0.39 is 0 Å². The Morgan fingerprint density at radius 2 is 2.19 bits per heavy atom. The fourth-order valence-corrected chi connectivity index (χ4v) is 5.62. The van der Waals surface area contributed by atoms with E-state index in [4.69, 9.17) is 4.74 Å². The molecular weight excluding hydrogens is 280 g/mol. The number of nitrogens with zero attached hydrogens (tertiary/aromatic N) is 2. The van der Waals surface area contributed by atoms with Crippen molar-refractivity contribution >= 4 is 11.8 Å². The van der Waals surface area contributed by atoms with Gasteiger partial charge in [-0.15, -0.1) is 11.8 Å². The molecule has 2 aliphatic heterocycles. The summed E-state index contributed by atoms with van der Waals surface area (Å²) in [5.74, 6) is 1.17. The molecule has 4 heteroatoms. The third-order valence-corrected chi connectivity index (χ3v) is 6.78. The van der Waals surface area contributed by atoms with Gasteiger partial charge in [-0.3, -0.25) is 9.88 Å². The summed E-state index contributed by atoms with van der Waals surface area (Å²) in [5.41, 5.74) is 1.18.